The first-order chi connectivity index (χ1) is 20.6. The molecule has 1 atom stereocenters. The summed E-state index contributed by atoms with van der Waals surface area (Å²) in [6.07, 6.45) is 0. The maximum atomic E-state index is 14.2. The third-order valence-corrected chi connectivity index (χ3v) is 9.19. The molecule has 0 spiro atoms. The first-order valence-corrected chi connectivity index (χ1v) is 15.8. The van der Waals surface area contributed by atoms with Gasteiger partial charge in [-0.3, -0.25) is 24.0 Å². The lowest BCUT2D eigenvalue weighted by Crippen LogP contribution is -2.52. The molecule has 1 N–H and O–H groups in total. The van der Waals surface area contributed by atoms with Gasteiger partial charge in [-0.15, -0.1) is 0 Å². The van der Waals surface area contributed by atoms with Crippen molar-refractivity contribution in [2.24, 2.45) is 0 Å². The third kappa shape index (κ3) is 8.12. The summed E-state index contributed by atoms with van der Waals surface area (Å²) in [5.41, 5.74) is 0.180. The van der Waals surface area contributed by atoms with Gasteiger partial charge in [0.25, 0.3) is 15.7 Å². The van der Waals surface area contributed by atoms with E-state index in [-0.39, 0.29) is 39.6 Å². The minimum absolute atomic E-state index is 0.0604. The van der Waals surface area contributed by atoms with Crippen LogP contribution in [0.2, 0.25) is 15.1 Å². The maximum absolute atomic E-state index is 14.2. The van der Waals surface area contributed by atoms with E-state index in [2.05, 4.69) is 5.32 Å². The fourth-order valence-electron chi connectivity index (χ4n) is 4.27. The van der Waals surface area contributed by atoms with Crippen molar-refractivity contribution in [2.45, 2.75) is 51.2 Å². The second-order valence-corrected chi connectivity index (χ2v) is 13.3. The van der Waals surface area contributed by atoms with Gasteiger partial charge in [0.15, 0.2) is 0 Å². The zero-order valence-corrected chi connectivity index (χ0v) is 27.6. The molecule has 0 aliphatic heterocycles. The van der Waals surface area contributed by atoms with Crippen molar-refractivity contribution < 1.29 is 27.7 Å². The number of rotatable bonds is 12. The normalized spacial score (nSPS) is 12.0. The van der Waals surface area contributed by atoms with Crippen LogP contribution in [0.3, 0.4) is 0 Å². The minimum Gasteiger partial charge on any atom is -0.495 e. The Hall–Kier alpha value is -3.58. The second kappa shape index (κ2) is 14.5. The minimum atomic E-state index is -4.66. The highest BCUT2D eigenvalue weighted by Crippen LogP contribution is 2.36. The van der Waals surface area contributed by atoms with Crippen molar-refractivity contribution in [3.63, 3.8) is 0 Å². The van der Waals surface area contributed by atoms with Gasteiger partial charge in [-0.2, -0.15) is 0 Å². The van der Waals surface area contributed by atoms with Gasteiger partial charge in [0.05, 0.1) is 22.6 Å². The Kier molecular flexibility index (Phi) is 11.5. The molecule has 0 aliphatic rings. The standard InChI is InChI=1S/C29H31Cl3N4O7S/c1-17(2)33-29(38)19(4)34(15-20-7-8-21(30)12-24(20)32)28(37)16-35(26-13-22(31)9-11-27(26)43-5)44(41,42)23-10-6-18(3)25(14-23)36(39)40/h6-14,17,19H,15-16H2,1-5H3,(H,33,38). The Morgan fingerprint density at radius 1 is 1.00 bits per heavy atom. The molecule has 2 amide bonds. The largest absolute Gasteiger partial charge is 0.495 e. The van der Waals surface area contributed by atoms with Gasteiger partial charge >= 0.3 is 0 Å². The van der Waals surface area contributed by atoms with Crippen LogP contribution in [0.5, 0.6) is 5.75 Å². The summed E-state index contributed by atoms with van der Waals surface area (Å²) in [6.45, 7) is 5.49. The highest BCUT2D eigenvalue weighted by molar-refractivity contribution is 7.92. The number of carbonyl (C=O) groups excluding carboxylic acids is 2. The van der Waals surface area contributed by atoms with E-state index < -0.39 is 49.9 Å². The first kappa shape index (κ1) is 34.9. The van der Waals surface area contributed by atoms with Crippen molar-refractivity contribution in [3.8, 4) is 5.75 Å². The van der Waals surface area contributed by atoms with Gasteiger partial charge in [-0.05, 0) is 69.7 Å². The van der Waals surface area contributed by atoms with E-state index in [0.717, 1.165) is 10.4 Å². The van der Waals surface area contributed by atoms with E-state index in [1.54, 1.807) is 26.0 Å². The molecular formula is C29H31Cl3N4O7S. The van der Waals surface area contributed by atoms with E-state index in [1.807, 2.05) is 0 Å². The zero-order chi connectivity index (χ0) is 32.9. The topological polar surface area (TPSA) is 139 Å². The van der Waals surface area contributed by atoms with Crippen LogP contribution in [0.25, 0.3) is 0 Å². The lowest BCUT2D eigenvalue weighted by atomic mass is 10.1. The van der Waals surface area contributed by atoms with Crippen molar-refractivity contribution >= 4 is 68.0 Å². The number of ether oxygens (including phenoxy) is 1. The smallest absolute Gasteiger partial charge is 0.273 e. The monoisotopic (exact) mass is 684 g/mol. The van der Waals surface area contributed by atoms with Crippen LogP contribution in [0.1, 0.15) is 31.9 Å². The van der Waals surface area contributed by atoms with Gasteiger partial charge in [-0.1, -0.05) is 46.9 Å². The number of methoxy groups -OCH3 is 1. The van der Waals surface area contributed by atoms with Crippen LogP contribution in [0.15, 0.2) is 59.5 Å². The molecule has 1 unspecified atom stereocenters. The SMILES string of the molecule is COc1ccc(Cl)cc1N(CC(=O)N(Cc1ccc(Cl)cc1Cl)C(C)C(=O)NC(C)C)S(=O)(=O)c1ccc(C)c([N+](=O)[O-])c1. The number of carbonyl (C=O) groups is 2. The van der Waals surface area contributed by atoms with Gasteiger partial charge in [0.1, 0.15) is 18.3 Å². The van der Waals surface area contributed by atoms with Crippen LogP contribution in [-0.4, -0.2) is 55.8 Å². The highest BCUT2D eigenvalue weighted by atomic mass is 35.5. The number of sulfonamides is 1. The van der Waals surface area contributed by atoms with E-state index >= 15 is 0 Å². The summed E-state index contributed by atoms with van der Waals surface area (Å²) in [7, 11) is -3.35. The molecule has 236 valence electrons. The number of nitro benzene ring substituents is 1. The number of halogens is 3. The molecule has 0 fully saturated rings. The number of nitrogens with zero attached hydrogens (tertiary/aromatic N) is 3. The molecule has 0 radical (unpaired) electrons. The van der Waals surface area contributed by atoms with Gasteiger partial charge < -0.3 is 15.0 Å². The molecule has 11 nitrogen and oxygen atoms in total. The summed E-state index contributed by atoms with van der Waals surface area (Å²) in [5.74, 6) is -1.21. The fraction of sp³-hybridized carbons (Fsp3) is 0.310. The molecule has 44 heavy (non-hydrogen) atoms. The summed E-state index contributed by atoms with van der Waals surface area (Å²) < 4.78 is 34.5. The van der Waals surface area contributed by atoms with Crippen LogP contribution < -0.4 is 14.4 Å². The van der Waals surface area contributed by atoms with E-state index in [9.17, 15) is 28.1 Å². The number of benzene rings is 3. The number of hydrogen-bond acceptors (Lipinski definition) is 7. The lowest BCUT2D eigenvalue weighted by Gasteiger charge is -2.33. The van der Waals surface area contributed by atoms with Crippen molar-refractivity contribution in [3.05, 3.63) is 90.9 Å². The molecule has 3 aromatic carbocycles. The number of nitrogens with one attached hydrogen (secondary N) is 1. The number of hydrogen-bond donors (Lipinski definition) is 1. The van der Waals surface area contributed by atoms with Crippen LogP contribution in [0.4, 0.5) is 11.4 Å². The van der Waals surface area contributed by atoms with Crippen molar-refractivity contribution in [2.75, 3.05) is 18.0 Å². The van der Waals surface area contributed by atoms with Crippen LogP contribution >= 0.6 is 34.8 Å². The van der Waals surface area contributed by atoms with E-state index in [1.165, 1.54) is 62.3 Å². The van der Waals surface area contributed by atoms with E-state index in [4.69, 9.17) is 39.5 Å². The van der Waals surface area contributed by atoms with Crippen LogP contribution in [-0.2, 0) is 26.2 Å². The molecule has 0 heterocycles. The molecular weight excluding hydrogens is 655 g/mol. The number of amides is 2. The lowest BCUT2D eigenvalue weighted by molar-refractivity contribution is -0.385. The number of aryl methyl sites for hydroxylation is 1. The summed E-state index contributed by atoms with van der Waals surface area (Å²) in [5, 5.41) is 15.1. The number of anilines is 1. The average Bonchev–Trinajstić information content (AvgIpc) is 2.94. The Morgan fingerprint density at radius 2 is 1.64 bits per heavy atom. The molecule has 0 bridgehead atoms. The Bertz CT molecular complexity index is 1690. The Morgan fingerprint density at radius 3 is 2.23 bits per heavy atom. The van der Waals surface area contributed by atoms with Gasteiger partial charge in [-0.25, -0.2) is 8.42 Å². The highest BCUT2D eigenvalue weighted by Gasteiger charge is 2.35. The second-order valence-electron chi connectivity index (χ2n) is 10.1. The molecule has 0 saturated carbocycles. The Labute approximate surface area is 270 Å². The maximum Gasteiger partial charge on any atom is 0.273 e. The van der Waals surface area contributed by atoms with Crippen molar-refractivity contribution in [1.82, 2.24) is 10.2 Å². The summed E-state index contributed by atoms with van der Waals surface area (Å²) >= 11 is 18.7. The van der Waals surface area contributed by atoms with Gasteiger partial charge in [0.2, 0.25) is 11.8 Å². The number of nitro groups is 1. The average molecular weight is 686 g/mol. The predicted octanol–water partition coefficient (Wildman–Crippen LogP) is 6.01. The molecule has 0 saturated heterocycles. The molecule has 0 aromatic heterocycles. The van der Waals surface area contributed by atoms with Crippen molar-refractivity contribution in [1.29, 1.82) is 0 Å². The molecule has 0 aliphatic carbocycles. The van der Waals surface area contributed by atoms with Gasteiger partial charge in [0, 0.05) is 39.3 Å². The molecule has 3 rings (SSSR count). The fourth-order valence-corrected chi connectivity index (χ4v) is 6.34. The quantitative estimate of drug-likeness (QED) is 0.182. The molecule has 15 heteroatoms. The van der Waals surface area contributed by atoms with E-state index in [0.29, 0.717) is 10.6 Å². The summed E-state index contributed by atoms with van der Waals surface area (Å²) in [6, 6.07) is 11.0. The zero-order valence-electron chi connectivity index (χ0n) is 24.5. The van der Waals surface area contributed by atoms with Crippen LogP contribution in [0, 0.1) is 17.0 Å². The predicted molar refractivity (Wildman–Crippen MR) is 170 cm³/mol. The Balaban J connectivity index is 2.18. The summed E-state index contributed by atoms with van der Waals surface area (Å²) in [4.78, 5) is 38.9. The third-order valence-electron chi connectivity index (χ3n) is 6.61. The first-order valence-electron chi connectivity index (χ1n) is 13.2. The molecule has 3 aromatic rings.